The number of carbonyl (C=O) groups is 1. The van der Waals surface area contributed by atoms with Gasteiger partial charge in [0.2, 0.25) is 0 Å². The van der Waals surface area contributed by atoms with Gasteiger partial charge in [-0.3, -0.25) is 0 Å². The number of hydrogen-bond acceptors (Lipinski definition) is 3. The van der Waals surface area contributed by atoms with Gasteiger partial charge in [-0.1, -0.05) is 0 Å². The molecule has 1 amide bonds. The van der Waals surface area contributed by atoms with Crippen LogP contribution in [0.5, 0.6) is 0 Å². The van der Waals surface area contributed by atoms with Gasteiger partial charge in [0.25, 0.3) is 0 Å². The van der Waals surface area contributed by atoms with Crippen molar-refractivity contribution in [1.82, 2.24) is 5.32 Å². The summed E-state index contributed by atoms with van der Waals surface area (Å²) >= 11 is 0. The molecule has 1 rings (SSSR count). The standard InChI is InChI=1S/C11H20N2O2/c1-11(2,3)15-10(14)13-9-5-8(6-9)7-12-4/h7-9H,5-6H2,1-4H3,(H,13,14)/b12-7+. The molecule has 0 aromatic heterocycles. The summed E-state index contributed by atoms with van der Waals surface area (Å²) in [6, 6.07) is 0.253. The fourth-order valence-electron chi connectivity index (χ4n) is 1.59. The molecule has 0 aromatic carbocycles. The zero-order valence-electron chi connectivity index (χ0n) is 9.91. The Labute approximate surface area is 91.1 Å². The second-order valence-corrected chi connectivity index (χ2v) is 4.98. The van der Waals surface area contributed by atoms with E-state index in [1.807, 2.05) is 27.0 Å². The van der Waals surface area contributed by atoms with Crippen LogP contribution in [0.1, 0.15) is 33.6 Å². The quantitative estimate of drug-likeness (QED) is 0.712. The maximum Gasteiger partial charge on any atom is 0.407 e. The zero-order valence-corrected chi connectivity index (χ0v) is 9.91. The lowest BCUT2D eigenvalue weighted by Crippen LogP contribution is -2.46. The fraction of sp³-hybridized carbons (Fsp3) is 0.818. The predicted octanol–water partition coefficient (Wildman–Crippen LogP) is 1.99. The zero-order chi connectivity index (χ0) is 11.5. The number of alkyl carbamates (subject to hydrolysis) is 1. The summed E-state index contributed by atoms with van der Waals surface area (Å²) in [5.74, 6) is 0.523. The Balaban J connectivity index is 2.19. The van der Waals surface area contributed by atoms with Crippen molar-refractivity contribution in [2.45, 2.75) is 45.3 Å². The van der Waals surface area contributed by atoms with E-state index in [4.69, 9.17) is 4.74 Å². The Morgan fingerprint density at radius 3 is 2.53 bits per heavy atom. The Kier molecular flexibility index (Phi) is 3.72. The van der Waals surface area contributed by atoms with Crippen molar-refractivity contribution >= 4 is 12.3 Å². The van der Waals surface area contributed by atoms with E-state index in [2.05, 4.69) is 10.3 Å². The van der Waals surface area contributed by atoms with Crippen molar-refractivity contribution in [3.05, 3.63) is 0 Å². The first-order valence-corrected chi connectivity index (χ1v) is 5.32. The lowest BCUT2D eigenvalue weighted by atomic mass is 9.81. The average Bonchev–Trinajstić information content (AvgIpc) is 1.97. The van der Waals surface area contributed by atoms with E-state index in [1.165, 1.54) is 0 Å². The van der Waals surface area contributed by atoms with Crippen LogP contribution >= 0.6 is 0 Å². The first-order chi connectivity index (χ1) is 6.90. The molecule has 1 fully saturated rings. The van der Waals surface area contributed by atoms with Crippen molar-refractivity contribution in [2.24, 2.45) is 10.9 Å². The van der Waals surface area contributed by atoms with Crippen molar-refractivity contribution in [1.29, 1.82) is 0 Å². The second kappa shape index (κ2) is 4.64. The van der Waals surface area contributed by atoms with Gasteiger partial charge in [0.05, 0.1) is 0 Å². The van der Waals surface area contributed by atoms with Crippen LogP contribution in [-0.2, 0) is 4.74 Å². The number of rotatable bonds is 2. The number of nitrogens with one attached hydrogen (secondary N) is 1. The van der Waals surface area contributed by atoms with Gasteiger partial charge >= 0.3 is 6.09 Å². The van der Waals surface area contributed by atoms with Crippen LogP contribution in [0.25, 0.3) is 0 Å². The van der Waals surface area contributed by atoms with Crippen molar-refractivity contribution in [3.63, 3.8) is 0 Å². The molecule has 0 radical (unpaired) electrons. The maximum absolute atomic E-state index is 11.4. The minimum absolute atomic E-state index is 0.253. The van der Waals surface area contributed by atoms with Crippen LogP contribution in [0.3, 0.4) is 0 Å². The molecule has 86 valence electrons. The molecule has 0 bridgehead atoms. The third kappa shape index (κ3) is 4.32. The van der Waals surface area contributed by atoms with Gasteiger partial charge in [0, 0.05) is 19.3 Å². The Morgan fingerprint density at radius 1 is 1.47 bits per heavy atom. The molecule has 4 nitrogen and oxygen atoms in total. The normalized spacial score (nSPS) is 26.1. The highest BCUT2D eigenvalue weighted by molar-refractivity contribution is 5.69. The lowest BCUT2D eigenvalue weighted by molar-refractivity contribution is 0.0470. The monoisotopic (exact) mass is 212 g/mol. The topological polar surface area (TPSA) is 50.7 Å². The average molecular weight is 212 g/mol. The second-order valence-electron chi connectivity index (χ2n) is 4.98. The third-order valence-electron chi connectivity index (χ3n) is 2.26. The third-order valence-corrected chi connectivity index (χ3v) is 2.26. The van der Waals surface area contributed by atoms with E-state index in [-0.39, 0.29) is 12.1 Å². The van der Waals surface area contributed by atoms with E-state index in [9.17, 15) is 4.79 Å². The van der Waals surface area contributed by atoms with E-state index in [0.717, 1.165) is 12.8 Å². The summed E-state index contributed by atoms with van der Waals surface area (Å²) in [5, 5.41) is 2.84. The van der Waals surface area contributed by atoms with Crippen molar-refractivity contribution < 1.29 is 9.53 Å². The van der Waals surface area contributed by atoms with Crippen LogP contribution < -0.4 is 5.32 Å². The summed E-state index contributed by atoms with van der Waals surface area (Å²) in [5.41, 5.74) is -0.419. The SMILES string of the molecule is C/N=C/C1CC(NC(=O)OC(C)(C)C)C1. The molecule has 0 unspecified atom stereocenters. The van der Waals surface area contributed by atoms with E-state index in [1.54, 1.807) is 7.05 Å². The number of hydrogen-bond donors (Lipinski definition) is 1. The van der Waals surface area contributed by atoms with Gasteiger partial charge < -0.3 is 15.0 Å². The molecular weight excluding hydrogens is 192 g/mol. The molecule has 15 heavy (non-hydrogen) atoms. The van der Waals surface area contributed by atoms with Gasteiger partial charge in [-0.25, -0.2) is 4.79 Å². The summed E-state index contributed by atoms with van der Waals surface area (Å²) in [6.45, 7) is 5.58. The molecule has 0 atom stereocenters. The number of aliphatic imine (C=N–C) groups is 1. The van der Waals surface area contributed by atoms with Gasteiger partial charge in [-0.2, -0.15) is 0 Å². The minimum atomic E-state index is -0.419. The molecule has 0 heterocycles. The van der Waals surface area contributed by atoms with Crippen LogP contribution in [-0.4, -0.2) is 31.0 Å². The van der Waals surface area contributed by atoms with Crippen LogP contribution in [0.2, 0.25) is 0 Å². The first kappa shape index (κ1) is 12.0. The van der Waals surface area contributed by atoms with Crippen LogP contribution in [0.15, 0.2) is 4.99 Å². The highest BCUT2D eigenvalue weighted by Crippen LogP contribution is 2.25. The number of amides is 1. The summed E-state index contributed by atoms with van der Waals surface area (Å²) in [7, 11) is 1.77. The fourth-order valence-corrected chi connectivity index (χ4v) is 1.59. The molecule has 4 heteroatoms. The maximum atomic E-state index is 11.4. The molecular formula is C11H20N2O2. The van der Waals surface area contributed by atoms with E-state index >= 15 is 0 Å². The van der Waals surface area contributed by atoms with E-state index in [0.29, 0.717) is 5.92 Å². The van der Waals surface area contributed by atoms with Crippen LogP contribution in [0.4, 0.5) is 4.79 Å². The summed E-state index contributed by atoms with van der Waals surface area (Å²) < 4.78 is 5.16. The van der Waals surface area contributed by atoms with Gasteiger partial charge in [-0.05, 0) is 39.5 Å². The Hall–Kier alpha value is -1.06. The number of ether oxygens (including phenoxy) is 1. The Morgan fingerprint density at radius 2 is 2.07 bits per heavy atom. The summed E-state index contributed by atoms with van der Waals surface area (Å²) in [4.78, 5) is 15.3. The van der Waals surface area contributed by atoms with Crippen LogP contribution in [0, 0.1) is 5.92 Å². The van der Waals surface area contributed by atoms with Gasteiger partial charge in [-0.15, -0.1) is 0 Å². The Bertz CT molecular complexity index is 250. The molecule has 0 spiro atoms. The molecule has 0 aromatic rings. The molecule has 1 N–H and O–H groups in total. The van der Waals surface area contributed by atoms with Crippen molar-refractivity contribution in [3.8, 4) is 0 Å². The van der Waals surface area contributed by atoms with Gasteiger partial charge in [0.15, 0.2) is 0 Å². The van der Waals surface area contributed by atoms with E-state index < -0.39 is 5.60 Å². The number of nitrogens with zero attached hydrogens (tertiary/aromatic N) is 1. The molecule has 1 aliphatic rings. The molecule has 0 aliphatic heterocycles. The highest BCUT2D eigenvalue weighted by atomic mass is 16.6. The van der Waals surface area contributed by atoms with Crippen molar-refractivity contribution in [2.75, 3.05) is 7.05 Å². The molecule has 1 aliphatic carbocycles. The number of carbonyl (C=O) groups excluding carboxylic acids is 1. The minimum Gasteiger partial charge on any atom is -0.444 e. The smallest absolute Gasteiger partial charge is 0.407 e. The van der Waals surface area contributed by atoms with Gasteiger partial charge in [0.1, 0.15) is 5.60 Å². The first-order valence-electron chi connectivity index (χ1n) is 5.32. The highest BCUT2D eigenvalue weighted by Gasteiger charge is 2.30. The predicted molar refractivity (Wildman–Crippen MR) is 60.3 cm³/mol. The molecule has 0 saturated heterocycles. The summed E-state index contributed by atoms with van der Waals surface area (Å²) in [6.07, 6.45) is 3.56. The largest absolute Gasteiger partial charge is 0.444 e. The lowest BCUT2D eigenvalue weighted by Gasteiger charge is -2.33. The molecule has 1 saturated carbocycles.